The number of carbonyl (C=O) groups excluding carboxylic acids is 1. The average molecular weight is 277 g/mol. The van der Waals surface area contributed by atoms with E-state index in [0.717, 1.165) is 31.6 Å². The standard InChI is InChI=1S/C16H23NO3/c1-4-16(2)11-12(9-10-20-16)17-14-8-6-5-7-13(14)15(18)19-3/h5-8,12,17H,4,9-11H2,1-3H3. The predicted molar refractivity (Wildman–Crippen MR) is 79.1 cm³/mol. The molecule has 2 atom stereocenters. The van der Waals surface area contributed by atoms with Crippen molar-refractivity contribution >= 4 is 11.7 Å². The van der Waals surface area contributed by atoms with Gasteiger partial charge in [0.05, 0.1) is 18.3 Å². The lowest BCUT2D eigenvalue weighted by molar-refractivity contribution is -0.0708. The molecule has 1 saturated heterocycles. The first-order valence-electron chi connectivity index (χ1n) is 7.16. The molecule has 0 bridgehead atoms. The van der Waals surface area contributed by atoms with Gasteiger partial charge in [0, 0.05) is 18.3 Å². The highest BCUT2D eigenvalue weighted by molar-refractivity contribution is 5.95. The second kappa shape index (κ2) is 6.27. The molecule has 1 aliphatic heterocycles. The zero-order chi connectivity index (χ0) is 14.6. The fourth-order valence-electron chi connectivity index (χ4n) is 2.62. The molecule has 0 aromatic heterocycles. The minimum absolute atomic E-state index is 0.0733. The van der Waals surface area contributed by atoms with E-state index in [9.17, 15) is 4.79 Å². The summed E-state index contributed by atoms with van der Waals surface area (Å²) in [4.78, 5) is 11.8. The van der Waals surface area contributed by atoms with Crippen LogP contribution in [-0.4, -0.2) is 31.3 Å². The average Bonchev–Trinajstić information content (AvgIpc) is 2.47. The molecule has 4 nitrogen and oxygen atoms in total. The van der Waals surface area contributed by atoms with E-state index in [1.807, 2.05) is 18.2 Å². The van der Waals surface area contributed by atoms with E-state index in [1.165, 1.54) is 7.11 Å². The molecule has 20 heavy (non-hydrogen) atoms. The molecule has 4 heteroatoms. The molecule has 1 aliphatic rings. The van der Waals surface area contributed by atoms with E-state index in [2.05, 4.69) is 19.2 Å². The zero-order valence-corrected chi connectivity index (χ0v) is 12.4. The lowest BCUT2D eigenvalue weighted by Gasteiger charge is -2.38. The van der Waals surface area contributed by atoms with Gasteiger partial charge in [-0.3, -0.25) is 0 Å². The quantitative estimate of drug-likeness (QED) is 0.858. The number of benzene rings is 1. The Labute approximate surface area is 120 Å². The highest BCUT2D eigenvalue weighted by Crippen LogP contribution is 2.30. The summed E-state index contributed by atoms with van der Waals surface area (Å²) in [6.45, 7) is 5.04. The van der Waals surface area contributed by atoms with Crippen molar-refractivity contribution in [3.63, 3.8) is 0 Å². The van der Waals surface area contributed by atoms with Crippen LogP contribution in [0.5, 0.6) is 0 Å². The number of hydrogen-bond donors (Lipinski definition) is 1. The number of para-hydroxylation sites is 1. The molecule has 0 aliphatic carbocycles. The summed E-state index contributed by atoms with van der Waals surface area (Å²) in [7, 11) is 1.40. The number of methoxy groups -OCH3 is 1. The van der Waals surface area contributed by atoms with Gasteiger partial charge in [-0.1, -0.05) is 19.1 Å². The lowest BCUT2D eigenvalue weighted by atomic mass is 9.89. The van der Waals surface area contributed by atoms with Crippen molar-refractivity contribution in [3.8, 4) is 0 Å². The Balaban J connectivity index is 2.12. The summed E-state index contributed by atoms with van der Waals surface area (Å²) in [6, 6.07) is 7.79. The second-order valence-corrected chi connectivity index (χ2v) is 5.52. The molecular weight excluding hydrogens is 254 g/mol. The number of rotatable bonds is 4. The maximum atomic E-state index is 11.8. The topological polar surface area (TPSA) is 47.6 Å². The van der Waals surface area contributed by atoms with E-state index in [4.69, 9.17) is 9.47 Å². The highest BCUT2D eigenvalue weighted by atomic mass is 16.5. The number of carbonyl (C=O) groups is 1. The Bertz CT molecular complexity index is 475. The fourth-order valence-corrected chi connectivity index (χ4v) is 2.62. The molecular formula is C16H23NO3. The Morgan fingerprint density at radius 1 is 1.50 bits per heavy atom. The van der Waals surface area contributed by atoms with Crippen LogP contribution in [0.4, 0.5) is 5.69 Å². The van der Waals surface area contributed by atoms with Crippen LogP contribution in [0.2, 0.25) is 0 Å². The Morgan fingerprint density at radius 3 is 2.95 bits per heavy atom. The van der Waals surface area contributed by atoms with Gasteiger partial charge in [0.25, 0.3) is 0 Å². The number of nitrogens with one attached hydrogen (secondary N) is 1. The summed E-state index contributed by atoms with van der Waals surface area (Å²) in [5.41, 5.74) is 1.35. The highest BCUT2D eigenvalue weighted by Gasteiger charge is 2.32. The monoisotopic (exact) mass is 277 g/mol. The maximum Gasteiger partial charge on any atom is 0.339 e. The molecule has 0 amide bonds. The van der Waals surface area contributed by atoms with Gasteiger partial charge < -0.3 is 14.8 Å². The number of esters is 1. The minimum Gasteiger partial charge on any atom is -0.465 e. The van der Waals surface area contributed by atoms with Crippen LogP contribution in [0.3, 0.4) is 0 Å². The molecule has 0 saturated carbocycles. The van der Waals surface area contributed by atoms with Crippen molar-refractivity contribution < 1.29 is 14.3 Å². The third-order valence-corrected chi connectivity index (χ3v) is 4.03. The van der Waals surface area contributed by atoms with Gasteiger partial charge in [0.2, 0.25) is 0 Å². The van der Waals surface area contributed by atoms with Crippen LogP contribution in [0.25, 0.3) is 0 Å². The first-order chi connectivity index (χ1) is 9.58. The van der Waals surface area contributed by atoms with E-state index >= 15 is 0 Å². The summed E-state index contributed by atoms with van der Waals surface area (Å²) in [6.07, 6.45) is 2.88. The van der Waals surface area contributed by atoms with E-state index in [-0.39, 0.29) is 11.6 Å². The third kappa shape index (κ3) is 3.31. The van der Waals surface area contributed by atoms with Crippen molar-refractivity contribution in [2.45, 2.75) is 44.8 Å². The molecule has 110 valence electrons. The number of anilines is 1. The van der Waals surface area contributed by atoms with Gasteiger partial charge in [-0.15, -0.1) is 0 Å². The normalized spacial score (nSPS) is 26.1. The summed E-state index contributed by atoms with van der Waals surface area (Å²) < 4.78 is 10.7. The van der Waals surface area contributed by atoms with Crippen LogP contribution in [0.1, 0.15) is 43.5 Å². The van der Waals surface area contributed by atoms with Gasteiger partial charge in [-0.25, -0.2) is 4.79 Å². The van der Waals surface area contributed by atoms with Crippen LogP contribution in [0, 0.1) is 0 Å². The first-order valence-corrected chi connectivity index (χ1v) is 7.16. The third-order valence-electron chi connectivity index (χ3n) is 4.03. The van der Waals surface area contributed by atoms with Gasteiger partial charge in [0.1, 0.15) is 0 Å². The second-order valence-electron chi connectivity index (χ2n) is 5.52. The first kappa shape index (κ1) is 14.9. The van der Waals surface area contributed by atoms with Gasteiger partial charge >= 0.3 is 5.97 Å². The molecule has 0 radical (unpaired) electrons. The van der Waals surface area contributed by atoms with Gasteiger partial charge in [-0.2, -0.15) is 0 Å². The molecule has 1 heterocycles. The lowest BCUT2D eigenvalue weighted by Crippen LogP contribution is -2.42. The minimum atomic E-state index is -0.307. The predicted octanol–water partition coefficient (Wildman–Crippen LogP) is 3.23. The van der Waals surface area contributed by atoms with E-state index in [0.29, 0.717) is 11.6 Å². The number of hydrogen-bond acceptors (Lipinski definition) is 4. The maximum absolute atomic E-state index is 11.8. The Morgan fingerprint density at radius 2 is 2.25 bits per heavy atom. The van der Waals surface area contributed by atoms with Crippen LogP contribution in [0.15, 0.2) is 24.3 Å². The smallest absolute Gasteiger partial charge is 0.339 e. The van der Waals surface area contributed by atoms with E-state index in [1.54, 1.807) is 6.07 Å². The fraction of sp³-hybridized carbons (Fsp3) is 0.562. The van der Waals surface area contributed by atoms with Crippen molar-refractivity contribution in [1.29, 1.82) is 0 Å². The largest absolute Gasteiger partial charge is 0.465 e. The molecule has 0 spiro atoms. The molecule has 1 N–H and O–H groups in total. The molecule has 1 aromatic rings. The van der Waals surface area contributed by atoms with Crippen LogP contribution < -0.4 is 5.32 Å². The van der Waals surface area contributed by atoms with Crippen molar-refractivity contribution in [2.24, 2.45) is 0 Å². The summed E-state index contributed by atoms with van der Waals surface area (Å²) in [5, 5.41) is 3.47. The van der Waals surface area contributed by atoms with Gasteiger partial charge in [-0.05, 0) is 38.3 Å². The molecule has 2 unspecified atom stereocenters. The Hall–Kier alpha value is -1.55. The van der Waals surface area contributed by atoms with E-state index < -0.39 is 0 Å². The number of ether oxygens (including phenoxy) is 2. The van der Waals surface area contributed by atoms with Crippen molar-refractivity contribution in [2.75, 3.05) is 19.0 Å². The summed E-state index contributed by atoms with van der Waals surface area (Å²) in [5.74, 6) is -0.307. The SMILES string of the molecule is CCC1(C)CC(Nc2ccccc2C(=O)OC)CCO1. The molecule has 2 rings (SSSR count). The van der Waals surface area contributed by atoms with Crippen LogP contribution >= 0.6 is 0 Å². The Kier molecular flexibility index (Phi) is 4.65. The van der Waals surface area contributed by atoms with Gasteiger partial charge in [0.15, 0.2) is 0 Å². The molecule has 1 aromatic carbocycles. The zero-order valence-electron chi connectivity index (χ0n) is 12.4. The van der Waals surface area contributed by atoms with Crippen molar-refractivity contribution in [3.05, 3.63) is 29.8 Å². The van der Waals surface area contributed by atoms with Crippen LogP contribution in [-0.2, 0) is 9.47 Å². The van der Waals surface area contributed by atoms with Crippen molar-refractivity contribution in [1.82, 2.24) is 0 Å². The summed E-state index contributed by atoms with van der Waals surface area (Å²) >= 11 is 0. The molecule has 1 fully saturated rings.